The standard InChI is InChI=1S/C20H16Cl2N2O3/c1-26-18-5-3-15(11-19(18)27-12-13-6-8-23-9-7-13)24-20(25)16-10-14(21)2-4-17(16)22/h2-11H,12H2,1H3,(H,24,25). The van der Waals surface area contributed by atoms with Crippen LogP contribution in [0.2, 0.25) is 10.0 Å². The third-order valence-corrected chi connectivity index (χ3v) is 4.30. The minimum absolute atomic E-state index is 0.291. The predicted octanol–water partition coefficient (Wildman–Crippen LogP) is 5.23. The van der Waals surface area contributed by atoms with Crippen molar-refractivity contribution in [1.82, 2.24) is 4.98 Å². The van der Waals surface area contributed by atoms with E-state index in [1.54, 1.807) is 49.8 Å². The van der Waals surface area contributed by atoms with Crippen LogP contribution in [0.4, 0.5) is 5.69 Å². The Morgan fingerprint density at radius 1 is 1.04 bits per heavy atom. The summed E-state index contributed by atoms with van der Waals surface area (Å²) >= 11 is 12.0. The van der Waals surface area contributed by atoms with Crippen LogP contribution < -0.4 is 14.8 Å². The molecule has 0 aliphatic carbocycles. The van der Waals surface area contributed by atoms with E-state index >= 15 is 0 Å². The molecule has 0 unspecified atom stereocenters. The highest BCUT2D eigenvalue weighted by molar-refractivity contribution is 6.36. The third kappa shape index (κ3) is 4.90. The molecule has 3 aromatic rings. The van der Waals surface area contributed by atoms with Crippen molar-refractivity contribution in [2.75, 3.05) is 12.4 Å². The van der Waals surface area contributed by atoms with E-state index in [9.17, 15) is 4.79 Å². The lowest BCUT2D eigenvalue weighted by Crippen LogP contribution is -2.12. The van der Waals surface area contributed by atoms with Crippen LogP contribution in [0.25, 0.3) is 0 Å². The van der Waals surface area contributed by atoms with Gasteiger partial charge in [0.2, 0.25) is 0 Å². The molecule has 1 aromatic heterocycles. The van der Waals surface area contributed by atoms with Crippen LogP contribution in [0.15, 0.2) is 60.9 Å². The molecule has 5 nitrogen and oxygen atoms in total. The SMILES string of the molecule is COc1ccc(NC(=O)c2cc(Cl)ccc2Cl)cc1OCc1ccncc1. The average Bonchev–Trinajstić information content (AvgIpc) is 2.69. The maximum Gasteiger partial charge on any atom is 0.257 e. The summed E-state index contributed by atoms with van der Waals surface area (Å²) in [6, 6.07) is 13.6. The third-order valence-electron chi connectivity index (χ3n) is 3.74. The van der Waals surface area contributed by atoms with Crippen LogP contribution in [0, 0.1) is 0 Å². The number of hydrogen-bond acceptors (Lipinski definition) is 4. The Balaban J connectivity index is 1.78. The zero-order valence-corrected chi connectivity index (χ0v) is 15.9. The fourth-order valence-electron chi connectivity index (χ4n) is 2.38. The van der Waals surface area contributed by atoms with Gasteiger partial charge < -0.3 is 14.8 Å². The Morgan fingerprint density at radius 3 is 2.56 bits per heavy atom. The Bertz CT molecular complexity index is 949. The van der Waals surface area contributed by atoms with Gasteiger partial charge in [-0.1, -0.05) is 23.2 Å². The van der Waals surface area contributed by atoms with Gasteiger partial charge in [0.25, 0.3) is 5.91 Å². The first-order valence-electron chi connectivity index (χ1n) is 8.03. The fourth-order valence-corrected chi connectivity index (χ4v) is 2.75. The maximum absolute atomic E-state index is 12.5. The van der Waals surface area contributed by atoms with Gasteiger partial charge in [-0.15, -0.1) is 0 Å². The Kier molecular flexibility index (Phi) is 6.16. The number of nitrogens with zero attached hydrogens (tertiary/aromatic N) is 1. The van der Waals surface area contributed by atoms with Crippen LogP contribution in [0.1, 0.15) is 15.9 Å². The number of hydrogen-bond donors (Lipinski definition) is 1. The number of anilines is 1. The number of aromatic nitrogens is 1. The van der Waals surface area contributed by atoms with Gasteiger partial charge in [-0.05, 0) is 48.0 Å². The molecule has 0 aliphatic rings. The molecule has 138 valence electrons. The molecular formula is C20H16Cl2N2O3. The number of nitrogens with one attached hydrogen (secondary N) is 1. The molecule has 27 heavy (non-hydrogen) atoms. The van der Waals surface area contributed by atoms with E-state index in [2.05, 4.69) is 10.3 Å². The molecule has 1 N–H and O–H groups in total. The normalized spacial score (nSPS) is 10.3. The zero-order valence-electron chi connectivity index (χ0n) is 14.4. The molecule has 0 bridgehead atoms. The first kappa shape index (κ1) is 19.0. The van der Waals surface area contributed by atoms with E-state index < -0.39 is 0 Å². The highest BCUT2D eigenvalue weighted by Gasteiger charge is 2.13. The summed E-state index contributed by atoms with van der Waals surface area (Å²) in [7, 11) is 1.55. The van der Waals surface area contributed by atoms with E-state index in [1.807, 2.05) is 12.1 Å². The van der Waals surface area contributed by atoms with Gasteiger partial charge in [0.05, 0.1) is 17.7 Å². The molecule has 0 saturated heterocycles. The molecule has 0 fully saturated rings. The highest BCUT2D eigenvalue weighted by Crippen LogP contribution is 2.31. The number of pyridine rings is 1. The average molecular weight is 403 g/mol. The topological polar surface area (TPSA) is 60.5 Å². The van der Waals surface area contributed by atoms with Crippen LogP contribution in [0.5, 0.6) is 11.5 Å². The Hall–Kier alpha value is -2.76. The minimum atomic E-state index is -0.368. The summed E-state index contributed by atoms with van der Waals surface area (Å²) in [4.78, 5) is 16.5. The lowest BCUT2D eigenvalue weighted by Gasteiger charge is -2.13. The largest absolute Gasteiger partial charge is 0.493 e. The van der Waals surface area contributed by atoms with Crippen molar-refractivity contribution >= 4 is 34.8 Å². The molecule has 3 rings (SSSR count). The molecule has 0 atom stereocenters. The van der Waals surface area contributed by atoms with E-state index in [0.717, 1.165) is 5.56 Å². The van der Waals surface area contributed by atoms with Gasteiger partial charge in [-0.25, -0.2) is 0 Å². The lowest BCUT2D eigenvalue weighted by atomic mass is 10.2. The zero-order chi connectivity index (χ0) is 19.2. The summed E-state index contributed by atoms with van der Waals surface area (Å²) in [5.74, 6) is 0.694. The Labute approximate surface area is 166 Å². The van der Waals surface area contributed by atoms with Crippen LogP contribution >= 0.6 is 23.2 Å². The van der Waals surface area contributed by atoms with Crippen molar-refractivity contribution in [3.05, 3.63) is 82.1 Å². The highest BCUT2D eigenvalue weighted by atomic mass is 35.5. The second-order valence-corrected chi connectivity index (χ2v) is 6.43. The maximum atomic E-state index is 12.5. The lowest BCUT2D eigenvalue weighted by molar-refractivity contribution is 0.102. The molecule has 1 amide bonds. The first-order valence-corrected chi connectivity index (χ1v) is 8.78. The molecule has 2 aromatic carbocycles. The van der Waals surface area contributed by atoms with E-state index in [0.29, 0.717) is 39.4 Å². The molecule has 0 spiro atoms. The molecular weight excluding hydrogens is 387 g/mol. The number of carbonyl (C=O) groups is 1. The minimum Gasteiger partial charge on any atom is -0.493 e. The number of amides is 1. The predicted molar refractivity (Wildman–Crippen MR) is 106 cm³/mol. The summed E-state index contributed by atoms with van der Waals surface area (Å²) < 4.78 is 11.2. The number of methoxy groups -OCH3 is 1. The number of carbonyl (C=O) groups excluding carboxylic acids is 1. The van der Waals surface area contributed by atoms with Gasteiger partial charge in [0.15, 0.2) is 11.5 Å². The molecule has 7 heteroatoms. The van der Waals surface area contributed by atoms with Crippen LogP contribution in [0.3, 0.4) is 0 Å². The summed E-state index contributed by atoms with van der Waals surface area (Å²) in [6.45, 7) is 0.344. The van der Waals surface area contributed by atoms with Crippen molar-refractivity contribution in [3.8, 4) is 11.5 Å². The monoisotopic (exact) mass is 402 g/mol. The quantitative estimate of drug-likeness (QED) is 0.613. The first-order chi connectivity index (χ1) is 13.1. The van der Waals surface area contributed by atoms with Crippen molar-refractivity contribution < 1.29 is 14.3 Å². The second kappa shape index (κ2) is 8.75. The van der Waals surface area contributed by atoms with E-state index in [4.69, 9.17) is 32.7 Å². The van der Waals surface area contributed by atoms with Gasteiger partial charge >= 0.3 is 0 Å². The molecule has 0 radical (unpaired) electrons. The summed E-state index contributed by atoms with van der Waals surface area (Å²) in [6.07, 6.45) is 3.39. The fraction of sp³-hybridized carbons (Fsp3) is 0.100. The number of benzene rings is 2. The number of rotatable bonds is 6. The van der Waals surface area contributed by atoms with E-state index in [-0.39, 0.29) is 5.91 Å². The van der Waals surface area contributed by atoms with Crippen molar-refractivity contribution in [3.63, 3.8) is 0 Å². The molecule has 0 aliphatic heterocycles. The molecule has 1 heterocycles. The Morgan fingerprint density at radius 2 is 1.81 bits per heavy atom. The second-order valence-electron chi connectivity index (χ2n) is 5.59. The summed E-state index contributed by atoms with van der Waals surface area (Å²) in [5.41, 5.74) is 1.80. The van der Waals surface area contributed by atoms with Gasteiger partial charge in [0.1, 0.15) is 6.61 Å². The van der Waals surface area contributed by atoms with Gasteiger partial charge in [-0.2, -0.15) is 0 Å². The smallest absolute Gasteiger partial charge is 0.257 e. The number of halogens is 2. The van der Waals surface area contributed by atoms with Crippen LogP contribution in [-0.2, 0) is 6.61 Å². The number of ether oxygens (including phenoxy) is 2. The molecule has 0 saturated carbocycles. The van der Waals surface area contributed by atoms with Gasteiger partial charge in [-0.3, -0.25) is 9.78 Å². The van der Waals surface area contributed by atoms with E-state index in [1.165, 1.54) is 6.07 Å². The van der Waals surface area contributed by atoms with Crippen molar-refractivity contribution in [1.29, 1.82) is 0 Å². The van der Waals surface area contributed by atoms with Gasteiger partial charge in [0, 0.05) is 29.2 Å². The van der Waals surface area contributed by atoms with Crippen molar-refractivity contribution in [2.24, 2.45) is 0 Å². The van der Waals surface area contributed by atoms with Crippen molar-refractivity contribution in [2.45, 2.75) is 6.61 Å². The summed E-state index contributed by atoms with van der Waals surface area (Å²) in [5, 5.41) is 3.54. The van der Waals surface area contributed by atoms with Crippen LogP contribution in [-0.4, -0.2) is 18.0 Å².